The molecule has 15 heavy (non-hydrogen) atoms. The molecule has 86 valence electrons. The van der Waals surface area contributed by atoms with E-state index in [0.717, 1.165) is 0 Å². The van der Waals surface area contributed by atoms with Crippen LogP contribution in [0.4, 0.5) is 0 Å². The molecule has 0 radical (unpaired) electrons. The van der Waals surface area contributed by atoms with E-state index in [1.165, 1.54) is 0 Å². The van der Waals surface area contributed by atoms with Crippen LogP contribution in [-0.2, 0) is 4.79 Å². The van der Waals surface area contributed by atoms with Gasteiger partial charge < -0.3 is 30.6 Å². The second-order valence-corrected chi connectivity index (χ2v) is 2.51. The molecule has 6 N–H and O–H groups in total. The van der Waals surface area contributed by atoms with E-state index < -0.39 is 37.0 Å². The molecular formula is C6H16Mg2O7. The summed E-state index contributed by atoms with van der Waals surface area (Å²) < 4.78 is 0. The molecule has 4 atom stereocenters. The van der Waals surface area contributed by atoms with Crippen molar-refractivity contribution >= 4 is 52.1 Å². The average Bonchev–Trinajstić information content (AvgIpc) is 2.12. The predicted octanol–water partition coefficient (Wildman–Crippen LogP) is -5.33. The van der Waals surface area contributed by atoms with Gasteiger partial charge >= 0.3 is 52.1 Å². The van der Waals surface area contributed by atoms with Gasteiger partial charge in [-0.15, -0.1) is 0 Å². The lowest BCUT2D eigenvalue weighted by Gasteiger charge is -2.23. The average molecular weight is 249 g/mol. The Bertz CT molecular complexity index is 179. The van der Waals surface area contributed by atoms with Gasteiger partial charge in [-0.1, -0.05) is 0 Å². The Morgan fingerprint density at radius 3 is 1.67 bits per heavy atom. The lowest BCUT2D eigenvalue weighted by molar-refractivity contribution is -0.164. The zero-order chi connectivity index (χ0) is 10.6. The number of carboxylic acid groups (broad SMARTS) is 1. The molecule has 0 aromatic rings. The highest BCUT2D eigenvalue weighted by Crippen LogP contribution is 2.04. The maximum absolute atomic E-state index is 10.1. The summed E-state index contributed by atoms with van der Waals surface area (Å²) in [5.41, 5.74) is 0. The monoisotopic (exact) mass is 248 g/mol. The van der Waals surface area contributed by atoms with Crippen molar-refractivity contribution in [2.24, 2.45) is 0 Å². The molecule has 0 saturated heterocycles. The number of aliphatic hydroxyl groups is 5. The summed E-state index contributed by atoms with van der Waals surface area (Å²) in [6.45, 7) is -0.843. The summed E-state index contributed by atoms with van der Waals surface area (Å²) in [5, 5.41) is 51.8. The number of carboxylic acids is 1. The van der Waals surface area contributed by atoms with E-state index in [9.17, 15) is 4.79 Å². The molecule has 0 spiro atoms. The lowest BCUT2D eigenvalue weighted by atomic mass is 10.0. The Kier molecular flexibility index (Phi) is 14.1. The maximum atomic E-state index is 10.1. The molecule has 0 heterocycles. The Balaban J connectivity index is -0.000000720. The van der Waals surface area contributed by atoms with Crippen LogP contribution in [0.2, 0.25) is 0 Å². The maximum Gasteiger partial charge on any atom is 0.335 e. The Morgan fingerprint density at radius 2 is 1.40 bits per heavy atom. The van der Waals surface area contributed by atoms with Crippen molar-refractivity contribution in [3.05, 3.63) is 0 Å². The zero-order valence-corrected chi connectivity index (χ0v) is 6.61. The van der Waals surface area contributed by atoms with Gasteiger partial charge in [-0.3, -0.25) is 0 Å². The SMILES string of the molecule is O=C(O)C(O)C(O)C(O)C(O)CO.[MgH2].[MgH2]. The number of rotatable bonds is 5. The van der Waals surface area contributed by atoms with Gasteiger partial charge in [0.15, 0.2) is 6.10 Å². The molecule has 0 amide bonds. The van der Waals surface area contributed by atoms with E-state index >= 15 is 0 Å². The summed E-state index contributed by atoms with van der Waals surface area (Å²) >= 11 is 0. The van der Waals surface area contributed by atoms with Gasteiger partial charge in [0, 0.05) is 0 Å². The first-order chi connectivity index (χ1) is 5.91. The van der Waals surface area contributed by atoms with Gasteiger partial charge in [-0.25, -0.2) is 4.79 Å². The number of hydrogen-bond acceptors (Lipinski definition) is 6. The minimum Gasteiger partial charge on any atom is -0.479 e. The quantitative estimate of drug-likeness (QED) is 0.267. The molecule has 0 bridgehead atoms. The highest BCUT2D eigenvalue weighted by molar-refractivity contribution is 5.76. The topological polar surface area (TPSA) is 138 Å². The molecule has 0 saturated carbocycles. The summed E-state index contributed by atoms with van der Waals surface area (Å²) in [7, 11) is 0. The van der Waals surface area contributed by atoms with Crippen molar-refractivity contribution in [3.8, 4) is 0 Å². The Hall–Kier alpha value is 0.802. The third-order valence-corrected chi connectivity index (χ3v) is 1.51. The van der Waals surface area contributed by atoms with E-state index in [0.29, 0.717) is 0 Å². The normalized spacial score (nSPS) is 17.7. The summed E-state index contributed by atoms with van der Waals surface area (Å²) in [6.07, 6.45) is -7.84. The van der Waals surface area contributed by atoms with Crippen LogP contribution in [0.15, 0.2) is 0 Å². The second-order valence-electron chi connectivity index (χ2n) is 2.51. The van der Waals surface area contributed by atoms with Gasteiger partial charge in [0.1, 0.15) is 18.3 Å². The number of aliphatic hydroxyl groups excluding tert-OH is 5. The standard InChI is InChI=1S/C6H12O7.2Mg.4H/c7-1-2(8)3(9)4(10)5(11)6(12)13;;;;;;/h2-5,7-11H,1H2,(H,12,13);;;;;;. The third kappa shape index (κ3) is 6.86. The molecule has 0 aliphatic rings. The molecule has 9 heteroatoms. The van der Waals surface area contributed by atoms with E-state index in [2.05, 4.69) is 0 Å². The van der Waals surface area contributed by atoms with E-state index in [1.807, 2.05) is 0 Å². The van der Waals surface area contributed by atoms with Gasteiger partial charge in [0.2, 0.25) is 0 Å². The van der Waals surface area contributed by atoms with Crippen molar-refractivity contribution in [2.75, 3.05) is 6.61 Å². The van der Waals surface area contributed by atoms with Crippen LogP contribution in [0.5, 0.6) is 0 Å². The van der Waals surface area contributed by atoms with Gasteiger partial charge in [-0.2, -0.15) is 0 Å². The number of carbonyl (C=O) groups is 1. The molecule has 0 fully saturated rings. The van der Waals surface area contributed by atoms with Crippen molar-refractivity contribution in [2.45, 2.75) is 24.4 Å². The first kappa shape index (κ1) is 21.1. The van der Waals surface area contributed by atoms with Crippen LogP contribution in [-0.4, -0.2) is 114 Å². The highest BCUT2D eigenvalue weighted by atomic mass is 24.3. The molecule has 0 aromatic carbocycles. The fourth-order valence-corrected chi connectivity index (χ4v) is 0.668. The van der Waals surface area contributed by atoms with Crippen molar-refractivity contribution in [1.82, 2.24) is 0 Å². The zero-order valence-electron chi connectivity index (χ0n) is 6.61. The van der Waals surface area contributed by atoms with Crippen LogP contribution >= 0.6 is 0 Å². The van der Waals surface area contributed by atoms with Gasteiger partial charge in [-0.05, 0) is 0 Å². The van der Waals surface area contributed by atoms with E-state index in [4.69, 9.17) is 30.6 Å². The lowest BCUT2D eigenvalue weighted by Crippen LogP contribution is -2.48. The van der Waals surface area contributed by atoms with Crippen molar-refractivity contribution < 1.29 is 35.4 Å². The molecule has 0 rings (SSSR count). The third-order valence-electron chi connectivity index (χ3n) is 1.51. The number of aliphatic carboxylic acids is 1. The Labute approximate surface area is 118 Å². The van der Waals surface area contributed by atoms with E-state index in [1.54, 1.807) is 0 Å². The van der Waals surface area contributed by atoms with Crippen LogP contribution in [0.3, 0.4) is 0 Å². The fourth-order valence-electron chi connectivity index (χ4n) is 0.668. The minimum absolute atomic E-state index is 0. The second kappa shape index (κ2) is 9.99. The minimum atomic E-state index is -2.20. The smallest absolute Gasteiger partial charge is 0.335 e. The predicted molar refractivity (Wildman–Crippen MR) is 55.8 cm³/mol. The molecule has 0 aromatic heterocycles. The highest BCUT2D eigenvalue weighted by Gasteiger charge is 2.33. The molecular weight excluding hydrogens is 233 g/mol. The first-order valence-electron chi connectivity index (χ1n) is 3.47. The molecule has 0 aliphatic carbocycles. The van der Waals surface area contributed by atoms with Crippen LogP contribution in [0.1, 0.15) is 0 Å². The van der Waals surface area contributed by atoms with Crippen LogP contribution < -0.4 is 0 Å². The molecule has 7 nitrogen and oxygen atoms in total. The molecule has 0 aliphatic heterocycles. The fraction of sp³-hybridized carbons (Fsp3) is 0.833. The Morgan fingerprint density at radius 1 is 1.00 bits per heavy atom. The van der Waals surface area contributed by atoms with Gasteiger partial charge in [0.05, 0.1) is 6.61 Å². The van der Waals surface area contributed by atoms with Crippen LogP contribution in [0, 0.1) is 0 Å². The number of hydrogen-bond donors (Lipinski definition) is 6. The summed E-state index contributed by atoms with van der Waals surface area (Å²) in [6, 6.07) is 0. The molecule has 4 unspecified atom stereocenters. The van der Waals surface area contributed by atoms with Crippen molar-refractivity contribution in [3.63, 3.8) is 0 Å². The first-order valence-corrected chi connectivity index (χ1v) is 3.47. The summed E-state index contributed by atoms with van der Waals surface area (Å²) in [5.74, 6) is -1.73. The van der Waals surface area contributed by atoms with Gasteiger partial charge in [0.25, 0.3) is 0 Å². The van der Waals surface area contributed by atoms with Crippen molar-refractivity contribution in [1.29, 1.82) is 0 Å². The van der Waals surface area contributed by atoms with E-state index in [-0.39, 0.29) is 46.1 Å². The largest absolute Gasteiger partial charge is 0.479 e. The van der Waals surface area contributed by atoms with Crippen LogP contribution in [0.25, 0.3) is 0 Å². The summed E-state index contributed by atoms with van der Waals surface area (Å²) in [4.78, 5) is 10.1.